The lowest BCUT2D eigenvalue weighted by molar-refractivity contribution is -0.135. The van der Waals surface area contributed by atoms with Crippen molar-refractivity contribution in [2.75, 3.05) is 23.7 Å². The fourth-order valence-electron chi connectivity index (χ4n) is 1.78. The Morgan fingerprint density at radius 2 is 2.06 bits per heavy atom. The minimum atomic E-state index is -0.829. The van der Waals surface area contributed by atoms with Gasteiger partial charge < -0.3 is 15.7 Å². The topological polar surface area (TPSA) is 66.6 Å². The van der Waals surface area contributed by atoms with Crippen LogP contribution in [0.2, 0.25) is 0 Å². The highest BCUT2D eigenvalue weighted by Crippen LogP contribution is 2.22. The van der Waals surface area contributed by atoms with E-state index in [-0.39, 0.29) is 6.54 Å². The summed E-state index contributed by atoms with van der Waals surface area (Å²) in [5, 5.41) is 8.91. The molecule has 4 nitrogen and oxygen atoms in total. The molecule has 94 valence electrons. The van der Waals surface area contributed by atoms with Crippen LogP contribution in [0.4, 0.5) is 11.4 Å². The van der Waals surface area contributed by atoms with Gasteiger partial charge in [-0.25, -0.2) is 0 Å². The summed E-state index contributed by atoms with van der Waals surface area (Å²) in [6, 6.07) is 7.39. The third-order valence-corrected chi connectivity index (χ3v) is 2.64. The van der Waals surface area contributed by atoms with Crippen LogP contribution in [0.15, 0.2) is 24.3 Å². The molecule has 0 aliphatic carbocycles. The Kier molecular flexibility index (Phi) is 5.33. The van der Waals surface area contributed by atoms with Crippen LogP contribution in [-0.4, -0.2) is 24.2 Å². The van der Waals surface area contributed by atoms with Crippen LogP contribution in [0.25, 0.3) is 0 Å². The average molecular weight is 236 g/mol. The summed E-state index contributed by atoms with van der Waals surface area (Å²) in [6.45, 7) is 2.85. The van der Waals surface area contributed by atoms with Crippen LogP contribution in [0.3, 0.4) is 0 Å². The van der Waals surface area contributed by atoms with E-state index in [2.05, 4.69) is 6.92 Å². The molecule has 0 amide bonds. The predicted molar refractivity (Wildman–Crippen MR) is 70.2 cm³/mol. The molecule has 0 aliphatic rings. The number of rotatable bonds is 7. The van der Waals surface area contributed by atoms with Gasteiger partial charge in [0.15, 0.2) is 0 Å². The van der Waals surface area contributed by atoms with Gasteiger partial charge in [0.1, 0.15) is 6.54 Å². The van der Waals surface area contributed by atoms with Gasteiger partial charge in [-0.1, -0.05) is 31.9 Å². The van der Waals surface area contributed by atoms with Gasteiger partial charge >= 0.3 is 5.97 Å². The monoisotopic (exact) mass is 236 g/mol. The van der Waals surface area contributed by atoms with Crippen molar-refractivity contribution in [2.24, 2.45) is 0 Å². The summed E-state index contributed by atoms with van der Waals surface area (Å²) in [4.78, 5) is 12.7. The standard InChI is InChI=1S/C13H20N2O2/c1-2-3-6-9-15(10-13(16)17)12-8-5-4-7-11(12)14/h4-5,7-8H,2-3,6,9-10,14H2,1H3,(H,16,17). The zero-order chi connectivity index (χ0) is 12.7. The molecule has 0 radical (unpaired) electrons. The second-order valence-electron chi connectivity index (χ2n) is 4.08. The number of nitrogen functional groups attached to an aromatic ring is 1. The van der Waals surface area contributed by atoms with E-state index in [0.717, 1.165) is 31.5 Å². The highest BCUT2D eigenvalue weighted by molar-refractivity contribution is 5.77. The molecule has 0 aromatic heterocycles. The van der Waals surface area contributed by atoms with Gasteiger partial charge in [-0.3, -0.25) is 4.79 Å². The molecule has 0 saturated heterocycles. The van der Waals surface area contributed by atoms with Crippen molar-refractivity contribution in [3.05, 3.63) is 24.3 Å². The fraction of sp³-hybridized carbons (Fsp3) is 0.462. The van der Waals surface area contributed by atoms with Crippen molar-refractivity contribution in [3.8, 4) is 0 Å². The molecule has 1 rings (SSSR count). The Morgan fingerprint density at radius 1 is 1.35 bits per heavy atom. The SMILES string of the molecule is CCCCCN(CC(=O)O)c1ccccc1N. The molecule has 4 heteroatoms. The van der Waals surface area contributed by atoms with Crippen molar-refractivity contribution >= 4 is 17.3 Å². The highest BCUT2D eigenvalue weighted by atomic mass is 16.4. The smallest absolute Gasteiger partial charge is 0.323 e. The first kappa shape index (κ1) is 13.4. The molecule has 0 unspecified atom stereocenters. The second-order valence-corrected chi connectivity index (χ2v) is 4.08. The molecular formula is C13H20N2O2. The molecule has 0 heterocycles. The Hall–Kier alpha value is -1.71. The number of hydrogen-bond acceptors (Lipinski definition) is 3. The number of nitrogens with two attached hydrogens (primary N) is 1. The van der Waals surface area contributed by atoms with E-state index >= 15 is 0 Å². The molecule has 0 bridgehead atoms. The zero-order valence-corrected chi connectivity index (χ0v) is 10.2. The largest absolute Gasteiger partial charge is 0.480 e. The zero-order valence-electron chi connectivity index (χ0n) is 10.2. The van der Waals surface area contributed by atoms with E-state index in [9.17, 15) is 4.79 Å². The van der Waals surface area contributed by atoms with Crippen LogP contribution in [0.5, 0.6) is 0 Å². The van der Waals surface area contributed by atoms with E-state index in [4.69, 9.17) is 10.8 Å². The Bertz CT molecular complexity index is 366. The summed E-state index contributed by atoms with van der Waals surface area (Å²) < 4.78 is 0. The molecular weight excluding hydrogens is 216 g/mol. The van der Waals surface area contributed by atoms with E-state index in [1.165, 1.54) is 0 Å². The Morgan fingerprint density at radius 3 is 2.65 bits per heavy atom. The summed E-state index contributed by atoms with van der Waals surface area (Å²) in [6.07, 6.45) is 3.20. The number of unbranched alkanes of at least 4 members (excludes halogenated alkanes) is 2. The number of benzene rings is 1. The first-order chi connectivity index (χ1) is 8.15. The lowest BCUT2D eigenvalue weighted by atomic mass is 10.2. The molecule has 0 atom stereocenters. The number of anilines is 2. The van der Waals surface area contributed by atoms with Gasteiger partial charge in [0.25, 0.3) is 0 Å². The van der Waals surface area contributed by atoms with Gasteiger partial charge in [0.05, 0.1) is 11.4 Å². The molecule has 0 saturated carbocycles. The van der Waals surface area contributed by atoms with Gasteiger partial charge in [0, 0.05) is 6.54 Å². The van der Waals surface area contributed by atoms with Crippen LogP contribution in [-0.2, 0) is 4.79 Å². The number of nitrogens with zero attached hydrogens (tertiary/aromatic N) is 1. The van der Waals surface area contributed by atoms with Crippen LogP contribution >= 0.6 is 0 Å². The number of carbonyl (C=O) groups is 1. The van der Waals surface area contributed by atoms with Gasteiger partial charge in [-0.05, 0) is 18.6 Å². The lowest BCUT2D eigenvalue weighted by Gasteiger charge is -2.24. The number of hydrogen-bond donors (Lipinski definition) is 2. The Balaban J connectivity index is 2.75. The quantitative estimate of drug-likeness (QED) is 0.563. The van der Waals surface area contributed by atoms with Crippen molar-refractivity contribution in [2.45, 2.75) is 26.2 Å². The van der Waals surface area contributed by atoms with E-state index in [0.29, 0.717) is 5.69 Å². The van der Waals surface area contributed by atoms with Crippen LogP contribution < -0.4 is 10.6 Å². The molecule has 1 aromatic carbocycles. The first-order valence-electron chi connectivity index (χ1n) is 5.96. The van der Waals surface area contributed by atoms with Gasteiger partial charge in [-0.2, -0.15) is 0 Å². The molecule has 0 aliphatic heterocycles. The molecule has 0 fully saturated rings. The van der Waals surface area contributed by atoms with E-state index < -0.39 is 5.97 Å². The van der Waals surface area contributed by atoms with Crippen LogP contribution in [0, 0.1) is 0 Å². The third kappa shape index (κ3) is 4.34. The summed E-state index contributed by atoms with van der Waals surface area (Å²) in [5.74, 6) is -0.829. The summed E-state index contributed by atoms with van der Waals surface area (Å²) >= 11 is 0. The average Bonchev–Trinajstić information content (AvgIpc) is 2.28. The van der Waals surface area contributed by atoms with Crippen molar-refractivity contribution in [1.82, 2.24) is 0 Å². The molecule has 1 aromatic rings. The minimum Gasteiger partial charge on any atom is -0.480 e. The number of carboxylic acid groups (broad SMARTS) is 1. The predicted octanol–water partition coefficient (Wildman–Crippen LogP) is 2.35. The maximum atomic E-state index is 10.8. The second kappa shape index (κ2) is 6.78. The van der Waals surface area contributed by atoms with E-state index in [1.807, 2.05) is 23.1 Å². The van der Waals surface area contributed by atoms with Gasteiger partial charge in [-0.15, -0.1) is 0 Å². The summed E-state index contributed by atoms with van der Waals surface area (Å²) in [7, 11) is 0. The third-order valence-electron chi connectivity index (χ3n) is 2.64. The van der Waals surface area contributed by atoms with Crippen LogP contribution in [0.1, 0.15) is 26.2 Å². The van der Waals surface area contributed by atoms with Crippen molar-refractivity contribution < 1.29 is 9.90 Å². The molecule has 17 heavy (non-hydrogen) atoms. The molecule has 0 spiro atoms. The minimum absolute atomic E-state index is 0.00206. The normalized spacial score (nSPS) is 10.2. The highest BCUT2D eigenvalue weighted by Gasteiger charge is 2.12. The number of para-hydroxylation sites is 2. The Labute approximate surface area is 102 Å². The first-order valence-corrected chi connectivity index (χ1v) is 5.96. The van der Waals surface area contributed by atoms with Gasteiger partial charge in [0.2, 0.25) is 0 Å². The maximum Gasteiger partial charge on any atom is 0.323 e. The number of carboxylic acids is 1. The van der Waals surface area contributed by atoms with Crippen molar-refractivity contribution in [1.29, 1.82) is 0 Å². The fourth-order valence-corrected chi connectivity index (χ4v) is 1.78. The molecule has 3 N–H and O–H groups in total. The number of aliphatic carboxylic acids is 1. The lowest BCUT2D eigenvalue weighted by Crippen LogP contribution is -2.31. The summed E-state index contributed by atoms with van der Waals surface area (Å²) in [5.41, 5.74) is 7.31. The van der Waals surface area contributed by atoms with E-state index in [1.54, 1.807) is 6.07 Å². The maximum absolute atomic E-state index is 10.8. The van der Waals surface area contributed by atoms with Crippen molar-refractivity contribution in [3.63, 3.8) is 0 Å².